The van der Waals surface area contributed by atoms with Crippen LogP contribution in [0.4, 0.5) is 4.39 Å². The Kier molecular flexibility index (Phi) is 4.15. The van der Waals surface area contributed by atoms with E-state index >= 15 is 0 Å². The molecular formula is C18H20FNOS. The van der Waals surface area contributed by atoms with Crippen LogP contribution < -0.4 is 0 Å². The highest BCUT2D eigenvalue weighted by Crippen LogP contribution is 2.39. The molecule has 0 radical (unpaired) electrons. The Balaban J connectivity index is 1.93. The van der Waals surface area contributed by atoms with Gasteiger partial charge < -0.3 is 0 Å². The van der Waals surface area contributed by atoms with Crippen LogP contribution in [-0.2, 0) is 11.3 Å². The second kappa shape index (κ2) is 5.94. The maximum atomic E-state index is 14.2. The van der Waals surface area contributed by atoms with E-state index in [1.807, 2.05) is 31.4 Å². The molecule has 0 spiro atoms. The molecule has 1 atom stereocenters. The van der Waals surface area contributed by atoms with Crippen molar-refractivity contribution in [3.05, 3.63) is 58.0 Å². The number of hydrogen-bond acceptors (Lipinski definition) is 3. The van der Waals surface area contributed by atoms with Crippen molar-refractivity contribution in [1.29, 1.82) is 0 Å². The zero-order chi connectivity index (χ0) is 15.7. The van der Waals surface area contributed by atoms with Crippen molar-refractivity contribution in [3.8, 4) is 0 Å². The number of benzene rings is 1. The molecule has 0 saturated carbocycles. The van der Waals surface area contributed by atoms with E-state index < -0.39 is 0 Å². The fourth-order valence-corrected chi connectivity index (χ4v) is 3.84. The monoisotopic (exact) mass is 317 g/mol. The Morgan fingerprint density at radius 1 is 1.27 bits per heavy atom. The number of piperidine rings is 1. The van der Waals surface area contributed by atoms with Crippen molar-refractivity contribution in [2.45, 2.75) is 32.9 Å². The van der Waals surface area contributed by atoms with Gasteiger partial charge in [0.1, 0.15) is 11.6 Å². The van der Waals surface area contributed by atoms with Crippen LogP contribution >= 0.6 is 11.3 Å². The van der Waals surface area contributed by atoms with Crippen LogP contribution in [0.1, 0.15) is 36.8 Å². The van der Waals surface area contributed by atoms with E-state index in [0.717, 1.165) is 6.54 Å². The third-order valence-corrected chi connectivity index (χ3v) is 5.24. The lowest BCUT2D eigenvalue weighted by atomic mass is 9.78. The van der Waals surface area contributed by atoms with Gasteiger partial charge in [-0.25, -0.2) is 4.39 Å². The molecule has 116 valence electrons. The first-order chi connectivity index (χ1) is 10.5. The molecule has 0 aliphatic carbocycles. The summed E-state index contributed by atoms with van der Waals surface area (Å²) in [5, 5.41) is 2.05. The summed E-state index contributed by atoms with van der Waals surface area (Å²) in [4.78, 5) is 15.9. The zero-order valence-electron chi connectivity index (χ0n) is 12.9. The van der Waals surface area contributed by atoms with Gasteiger partial charge in [-0.15, -0.1) is 11.3 Å². The van der Waals surface area contributed by atoms with Crippen molar-refractivity contribution >= 4 is 17.1 Å². The third-order valence-electron chi connectivity index (χ3n) is 4.38. The van der Waals surface area contributed by atoms with Crippen LogP contribution in [0.2, 0.25) is 0 Å². The number of Topliss-reactive ketones (excluding diaryl/α,β-unsaturated/α-hetero) is 1. The van der Waals surface area contributed by atoms with E-state index in [-0.39, 0.29) is 23.1 Å². The molecule has 1 aromatic carbocycles. The van der Waals surface area contributed by atoms with Gasteiger partial charge >= 0.3 is 0 Å². The number of rotatable bonds is 3. The van der Waals surface area contributed by atoms with Crippen molar-refractivity contribution in [3.63, 3.8) is 0 Å². The van der Waals surface area contributed by atoms with Gasteiger partial charge in [-0.2, -0.15) is 0 Å². The molecule has 22 heavy (non-hydrogen) atoms. The first-order valence-electron chi connectivity index (χ1n) is 7.51. The highest BCUT2D eigenvalue weighted by molar-refractivity contribution is 7.09. The predicted octanol–water partition coefficient (Wildman–Crippen LogP) is 4.43. The minimum Gasteiger partial charge on any atom is -0.299 e. The molecule has 0 amide bonds. The Bertz CT molecular complexity index is 665. The summed E-state index contributed by atoms with van der Waals surface area (Å²) in [5.41, 5.74) is 0.252. The summed E-state index contributed by atoms with van der Waals surface area (Å²) in [5.74, 6) is -0.0145. The highest BCUT2D eigenvalue weighted by Gasteiger charge is 2.40. The predicted molar refractivity (Wildman–Crippen MR) is 87.3 cm³/mol. The van der Waals surface area contributed by atoms with Crippen LogP contribution in [0, 0.1) is 11.2 Å². The lowest BCUT2D eigenvalue weighted by Gasteiger charge is -2.42. The Hall–Kier alpha value is -1.52. The minimum absolute atomic E-state index is 0.177. The van der Waals surface area contributed by atoms with Crippen molar-refractivity contribution in [2.24, 2.45) is 5.41 Å². The molecule has 1 aliphatic heterocycles. The molecule has 3 rings (SSSR count). The molecule has 2 heterocycles. The zero-order valence-corrected chi connectivity index (χ0v) is 13.7. The van der Waals surface area contributed by atoms with E-state index in [9.17, 15) is 9.18 Å². The Labute approximate surface area is 134 Å². The quantitative estimate of drug-likeness (QED) is 0.834. The number of halogens is 1. The molecule has 1 saturated heterocycles. The highest BCUT2D eigenvalue weighted by atomic mass is 32.1. The van der Waals surface area contributed by atoms with Crippen molar-refractivity contribution in [1.82, 2.24) is 4.90 Å². The van der Waals surface area contributed by atoms with E-state index in [2.05, 4.69) is 11.0 Å². The fourth-order valence-electron chi connectivity index (χ4n) is 3.11. The van der Waals surface area contributed by atoms with Crippen LogP contribution in [0.15, 0.2) is 41.8 Å². The van der Waals surface area contributed by atoms with Gasteiger partial charge in [0, 0.05) is 41.4 Å². The number of carbonyl (C=O) groups is 1. The maximum absolute atomic E-state index is 14.2. The average molecular weight is 317 g/mol. The van der Waals surface area contributed by atoms with Crippen LogP contribution in [0.5, 0.6) is 0 Å². The molecule has 0 bridgehead atoms. The number of thiophene rings is 1. The summed E-state index contributed by atoms with van der Waals surface area (Å²) in [6, 6.07) is 10.7. The summed E-state index contributed by atoms with van der Waals surface area (Å²) >= 11 is 1.70. The number of carbonyl (C=O) groups excluding carboxylic acids is 1. The maximum Gasteiger partial charge on any atom is 0.141 e. The molecule has 0 N–H and O–H groups in total. The number of likely N-dealkylation sites (tertiary alicyclic amines) is 1. The number of ketones is 1. The van der Waals surface area contributed by atoms with E-state index in [1.54, 1.807) is 23.5 Å². The van der Waals surface area contributed by atoms with Crippen LogP contribution in [-0.4, -0.2) is 17.2 Å². The lowest BCUT2D eigenvalue weighted by molar-refractivity contribution is -0.134. The summed E-state index contributed by atoms with van der Waals surface area (Å²) in [6.45, 7) is 5.37. The molecule has 1 aromatic heterocycles. The van der Waals surface area contributed by atoms with Crippen molar-refractivity contribution in [2.75, 3.05) is 6.54 Å². The van der Waals surface area contributed by atoms with E-state index in [0.29, 0.717) is 18.5 Å². The first-order valence-corrected chi connectivity index (χ1v) is 8.39. The minimum atomic E-state index is -0.376. The van der Waals surface area contributed by atoms with Crippen molar-refractivity contribution < 1.29 is 9.18 Å². The van der Waals surface area contributed by atoms with Gasteiger partial charge in [0.25, 0.3) is 0 Å². The molecule has 1 unspecified atom stereocenters. The van der Waals surface area contributed by atoms with Gasteiger partial charge in [-0.3, -0.25) is 9.69 Å². The number of nitrogens with zero attached hydrogens (tertiary/aromatic N) is 1. The molecule has 4 heteroatoms. The lowest BCUT2D eigenvalue weighted by Crippen LogP contribution is -2.47. The second-order valence-electron chi connectivity index (χ2n) is 6.53. The normalized spacial score (nSPS) is 22.0. The first kappa shape index (κ1) is 15.4. The van der Waals surface area contributed by atoms with Gasteiger partial charge in [-0.1, -0.05) is 38.1 Å². The second-order valence-corrected chi connectivity index (χ2v) is 7.57. The largest absolute Gasteiger partial charge is 0.299 e. The Morgan fingerprint density at radius 2 is 2.05 bits per heavy atom. The number of hydrogen-bond donors (Lipinski definition) is 0. The smallest absolute Gasteiger partial charge is 0.141 e. The molecular weight excluding hydrogens is 297 g/mol. The topological polar surface area (TPSA) is 20.3 Å². The van der Waals surface area contributed by atoms with Gasteiger partial charge in [0.05, 0.1) is 0 Å². The summed E-state index contributed by atoms with van der Waals surface area (Å²) in [6.07, 6.45) is 0.374. The third kappa shape index (κ3) is 2.99. The van der Waals surface area contributed by atoms with E-state index in [1.165, 1.54) is 10.9 Å². The molecule has 1 fully saturated rings. The fraction of sp³-hybridized carbons (Fsp3) is 0.389. The molecule has 1 aliphatic rings. The molecule has 2 aromatic rings. The SMILES string of the molecule is CC1(C)CN(Cc2cccs2)C(c2ccccc2F)CC1=O. The van der Waals surface area contributed by atoms with Gasteiger partial charge in [0.2, 0.25) is 0 Å². The summed E-state index contributed by atoms with van der Waals surface area (Å²) in [7, 11) is 0. The molecule has 2 nitrogen and oxygen atoms in total. The summed E-state index contributed by atoms with van der Waals surface area (Å²) < 4.78 is 14.2. The van der Waals surface area contributed by atoms with Crippen LogP contribution in [0.25, 0.3) is 0 Å². The Morgan fingerprint density at radius 3 is 2.73 bits per heavy atom. The van der Waals surface area contributed by atoms with Gasteiger partial charge in [-0.05, 0) is 17.5 Å². The average Bonchev–Trinajstić information content (AvgIpc) is 2.96. The van der Waals surface area contributed by atoms with E-state index in [4.69, 9.17) is 0 Å². The van der Waals surface area contributed by atoms with Gasteiger partial charge in [0.15, 0.2) is 0 Å². The van der Waals surface area contributed by atoms with Crippen LogP contribution in [0.3, 0.4) is 0 Å². The standard InChI is InChI=1S/C18H20FNOS/c1-18(2)12-20(11-13-6-5-9-22-13)16(10-17(18)21)14-7-3-4-8-15(14)19/h3-9,16H,10-12H2,1-2H3.